The molecule has 0 unspecified atom stereocenters. The number of carbonyl (C=O) groups is 1. The Hall–Kier alpha value is -0.980. The smallest absolute Gasteiger partial charge is 0.228 e. The van der Waals surface area contributed by atoms with Crippen molar-refractivity contribution in [2.45, 2.75) is 33.9 Å². The van der Waals surface area contributed by atoms with Crippen LogP contribution in [-0.2, 0) is 22.6 Å². The van der Waals surface area contributed by atoms with Gasteiger partial charge in [0.2, 0.25) is 5.91 Å². The fourth-order valence-corrected chi connectivity index (χ4v) is 3.16. The third-order valence-corrected chi connectivity index (χ3v) is 4.33. The molecular formula is C15H25N3O2S. The molecule has 0 N–H and O–H groups in total. The van der Waals surface area contributed by atoms with Gasteiger partial charge in [-0.2, -0.15) is 0 Å². The first-order chi connectivity index (χ1) is 9.86. The number of aromatic nitrogens is 1. The van der Waals surface area contributed by atoms with Crippen LogP contribution in [0.4, 0.5) is 0 Å². The number of thiazole rings is 1. The molecule has 0 atom stereocenters. The maximum Gasteiger partial charge on any atom is 0.228 e. The van der Waals surface area contributed by atoms with Crippen molar-refractivity contribution in [2.24, 2.45) is 5.41 Å². The van der Waals surface area contributed by atoms with Crippen molar-refractivity contribution >= 4 is 17.2 Å². The third-order valence-electron chi connectivity index (χ3n) is 3.45. The number of morpholine rings is 1. The van der Waals surface area contributed by atoms with E-state index in [1.54, 1.807) is 16.2 Å². The lowest BCUT2D eigenvalue weighted by molar-refractivity contribution is -0.138. The Balaban J connectivity index is 1.89. The molecule has 2 heterocycles. The van der Waals surface area contributed by atoms with E-state index in [2.05, 4.69) is 15.3 Å². The zero-order valence-corrected chi connectivity index (χ0v) is 14.2. The van der Waals surface area contributed by atoms with Crippen molar-refractivity contribution in [3.8, 4) is 0 Å². The van der Waals surface area contributed by atoms with Crippen molar-refractivity contribution in [3.05, 3.63) is 16.1 Å². The molecule has 5 nitrogen and oxygen atoms in total. The largest absolute Gasteiger partial charge is 0.379 e. The Bertz CT molecular complexity index is 476. The van der Waals surface area contributed by atoms with Crippen molar-refractivity contribution < 1.29 is 9.53 Å². The summed E-state index contributed by atoms with van der Waals surface area (Å²) in [6.07, 6.45) is 0. The summed E-state index contributed by atoms with van der Waals surface area (Å²) in [4.78, 5) is 20.9. The first-order valence-corrected chi connectivity index (χ1v) is 8.23. The molecule has 1 aromatic heterocycles. The number of amides is 1. The van der Waals surface area contributed by atoms with Gasteiger partial charge in [0, 0.05) is 30.9 Å². The molecule has 118 valence electrons. The molecule has 0 bridgehead atoms. The summed E-state index contributed by atoms with van der Waals surface area (Å²) in [5, 5.41) is 3.17. The molecule has 1 amide bonds. The fraction of sp³-hybridized carbons (Fsp3) is 0.733. The molecule has 2 rings (SSSR count). The standard InChI is InChI=1S/C15H25N3O2S/c1-15(2,3)14(19)17(4)9-12-11-21-13(16-12)10-18-5-7-20-8-6-18/h11H,5-10H2,1-4H3. The highest BCUT2D eigenvalue weighted by Crippen LogP contribution is 2.19. The van der Waals surface area contributed by atoms with E-state index in [0.29, 0.717) is 6.54 Å². The Morgan fingerprint density at radius 3 is 2.71 bits per heavy atom. The van der Waals surface area contributed by atoms with Crippen molar-refractivity contribution in [1.29, 1.82) is 0 Å². The van der Waals surface area contributed by atoms with Crippen LogP contribution in [0.3, 0.4) is 0 Å². The number of nitrogens with zero attached hydrogens (tertiary/aromatic N) is 3. The first kappa shape index (κ1) is 16.4. The van der Waals surface area contributed by atoms with Crippen molar-refractivity contribution in [3.63, 3.8) is 0 Å². The number of rotatable bonds is 4. The van der Waals surface area contributed by atoms with Gasteiger partial charge in [0.1, 0.15) is 5.01 Å². The number of hydrogen-bond acceptors (Lipinski definition) is 5. The lowest BCUT2D eigenvalue weighted by Gasteiger charge is -2.25. The normalized spacial score (nSPS) is 17.0. The van der Waals surface area contributed by atoms with Crippen LogP contribution in [-0.4, -0.2) is 54.0 Å². The average Bonchev–Trinajstić information content (AvgIpc) is 2.85. The zero-order chi connectivity index (χ0) is 15.5. The van der Waals surface area contributed by atoms with Crippen LogP contribution < -0.4 is 0 Å². The van der Waals surface area contributed by atoms with Gasteiger partial charge in [0.15, 0.2) is 0 Å². The quantitative estimate of drug-likeness (QED) is 0.853. The highest BCUT2D eigenvalue weighted by atomic mass is 32.1. The SMILES string of the molecule is CN(Cc1csc(CN2CCOCC2)n1)C(=O)C(C)(C)C. The molecule has 21 heavy (non-hydrogen) atoms. The van der Waals surface area contributed by atoms with Gasteiger partial charge in [-0.3, -0.25) is 9.69 Å². The Kier molecular flexibility index (Phi) is 5.35. The summed E-state index contributed by atoms with van der Waals surface area (Å²) in [5.74, 6) is 0.144. The second kappa shape index (κ2) is 6.85. The van der Waals surface area contributed by atoms with Gasteiger partial charge in [-0.05, 0) is 0 Å². The summed E-state index contributed by atoms with van der Waals surface area (Å²) >= 11 is 1.67. The van der Waals surface area contributed by atoms with E-state index in [4.69, 9.17) is 4.74 Å². The van der Waals surface area contributed by atoms with Gasteiger partial charge in [0.25, 0.3) is 0 Å². The predicted octanol–water partition coefficient (Wildman–Crippen LogP) is 1.98. The van der Waals surface area contributed by atoms with E-state index in [1.165, 1.54) is 0 Å². The lowest BCUT2D eigenvalue weighted by Crippen LogP contribution is -2.36. The van der Waals surface area contributed by atoms with Crippen LogP contribution in [0.1, 0.15) is 31.5 Å². The Morgan fingerprint density at radius 1 is 1.43 bits per heavy atom. The molecule has 0 aliphatic carbocycles. The predicted molar refractivity (Wildman–Crippen MR) is 84.1 cm³/mol. The molecule has 0 spiro atoms. The third kappa shape index (κ3) is 4.76. The molecular weight excluding hydrogens is 286 g/mol. The van der Waals surface area contributed by atoms with Gasteiger partial charge >= 0.3 is 0 Å². The monoisotopic (exact) mass is 311 g/mol. The summed E-state index contributed by atoms with van der Waals surface area (Å²) in [6.45, 7) is 10.8. The number of hydrogen-bond donors (Lipinski definition) is 0. The minimum atomic E-state index is -0.346. The fourth-order valence-electron chi connectivity index (χ4n) is 2.33. The average molecular weight is 311 g/mol. The van der Waals surface area contributed by atoms with E-state index in [1.807, 2.05) is 27.8 Å². The van der Waals surface area contributed by atoms with Crippen LogP contribution in [0.15, 0.2) is 5.38 Å². The Morgan fingerprint density at radius 2 is 2.10 bits per heavy atom. The van der Waals surface area contributed by atoms with Gasteiger partial charge in [-0.1, -0.05) is 20.8 Å². The lowest BCUT2D eigenvalue weighted by atomic mass is 9.95. The molecule has 0 aromatic carbocycles. The van der Waals surface area contributed by atoms with Crippen LogP contribution in [0.5, 0.6) is 0 Å². The van der Waals surface area contributed by atoms with E-state index < -0.39 is 0 Å². The summed E-state index contributed by atoms with van der Waals surface area (Å²) < 4.78 is 5.35. The highest BCUT2D eigenvalue weighted by Gasteiger charge is 2.25. The molecule has 1 fully saturated rings. The van der Waals surface area contributed by atoms with E-state index in [0.717, 1.165) is 43.5 Å². The van der Waals surface area contributed by atoms with E-state index in [9.17, 15) is 4.79 Å². The van der Waals surface area contributed by atoms with Crippen LogP contribution in [0, 0.1) is 5.41 Å². The van der Waals surface area contributed by atoms with Crippen molar-refractivity contribution in [1.82, 2.24) is 14.8 Å². The minimum absolute atomic E-state index is 0.144. The number of carbonyl (C=O) groups excluding carboxylic acids is 1. The first-order valence-electron chi connectivity index (χ1n) is 7.35. The topological polar surface area (TPSA) is 45.7 Å². The molecule has 1 aromatic rings. The number of ether oxygens (including phenoxy) is 1. The second-order valence-electron chi connectivity index (χ2n) is 6.53. The van der Waals surface area contributed by atoms with Crippen LogP contribution in [0.2, 0.25) is 0 Å². The Labute approximate surface area is 130 Å². The minimum Gasteiger partial charge on any atom is -0.379 e. The van der Waals surface area contributed by atoms with Crippen molar-refractivity contribution in [2.75, 3.05) is 33.4 Å². The summed E-state index contributed by atoms with van der Waals surface area (Å²) in [7, 11) is 1.84. The summed E-state index contributed by atoms with van der Waals surface area (Å²) in [6, 6.07) is 0. The molecule has 1 aliphatic heterocycles. The second-order valence-corrected chi connectivity index (χ2v) is 7.47. The summed E-state index contributed by atoms with van der Waals surface area (Å²) in [5.41, 5.74) is 0.630. The molecule has 0 saturated carbocycles. The van der Waals surface area contributed by atoms with Gasteiger partial charge in [-0.15, -0.1) is 11.3 Å². The van der Waals surface area contributed by atoms with Gasteiger partial charge in [0.05, 0.1) is 32.0 Å². The van der Waals surface area contributed by atoms with Crippen LogP contribution >= 0.6 is 11.3 Å². The van der Waals surface area contributed by atoms with Gasteiger partial charge < -0.3 is 9.64 Å². The molecule has 0 radical (unpaired) electrons. The van der Waals surface area contributed by atoms with E-state index in [-0.39, 0.29) is 11.3 Å². The van der Waals surface area contributed by atoms with Crippen LogP contribution in [0.25, 0.3) is 0 Å². The van der Waals surface area contributed by atoms with E-state index >= 15 is 0 Å². The molecule has 1 saturated heterocycles. The molecule has 1 aliphatic rings. The van der Waals surface area contributed by atoms with Gasteiger partial charge in [-0.25, -0.2) is 4.98 Å². The maximum absolute atomic E-state index is 12.2. The highest BCUT2D eigenvalue weighted by molar-refractivity contribution is 7.09. The molecule has 6 heteroatoms. The zero-order valence-electron chi connectivity index (χ0n) is 13.4. The maximum atomic E-state index is 12.2.